The fourth-order valence-electron chi connectivity index (χ4n) is 0.901. The number of esters is 1. The van der Waals surface area contributed by atoms with Gasteiger partial charge in [0.05, 0.1) is 0 Å². The zero-order valence-electron chi connectivity index (χ0n) is 8.26. The van der Waals surface area contributed by atoms with Gasteiger partial charge in [-0.05, 0) is 0 Å². The van der Waals surface area contributed by atoms with Gasteiger partial charge in [-0.2, -0.15) is 0 Å². The second kappa shape index (κ2) is 3.80. The number of cyclic esters (lactones) is 1. The molecule has 1 aliphatic heterocycles. The molecule has 1 rings (SSSR count). The van der Waals surface area contributed by atoms with Gasteiger partial charge in [-0.3, -0.25) is 0 Å². The Morgan fingerprint density at radius 2 is 2.23 bits per heavy atom. The van der Waals surface area contributed by atoms with Crippen LogP contribution in [0.15, 0.2) is 12.2 Å². The third-order valence-electron chi connectivity index (χ3n) is 1.47. The van der Waals surface area contributed by atoms with Crippen molar-refractivity contribution in [2.24, 2.45) is 0 Å². The smallest absolute Gasteiger partial charge is 0.331 e. The van der Waals surface area contributed by atoms with E-state index in [4.69, 9.17) is 4.74 Å². The first-order chi connectivity index (χ1) is 5.97. The quantitative estimate of drug-likeness (QED) is 0.333. The summed E-state index contributed by atoms with van der Waals surface area (Å²) in [6.45, 7) is 6.50. The number of hydrogen-bond acceptors (Lipinski definition) is 2. The number of carbonyl (C=O) groups is 1. The van der Waals surface area contributed by atoms with E-state index >= 15 is 0 Å². The van der Waals surface area contributed by atoms with Gasteiger partial charge in [0.25, 0.3) is 0 Å². The molecule has 0 saturated carbocycles. The van der Waals surface area contributed by atoms with E-state index in [2.05, 4.69) is 31.1 Å². The van der Waals surface area contributed by atoms with Crippen LogP contribution in [0.2, 0.25) is 19.6 Å². The van der Waals surface area contributed by atoms with Gasteiger partial charge >= 0.3 is 5.97 Å². The topological polar surface area (TPSA) is 26.3 Å². The van der Waals surface area contributed by atoms with Gasteiger partial charge in [0.15, 0.2) is 6.10 Å². The highest BCUT2D eigenvalue weighted by molar-refractivity contribution is 6.83. The van der Waals surface area contributed by atoms with Gasteiger partial charge in [0.1, 0.15) is 8.07 Å². The summed E-state index contributed by atoms with van der Waals surface area (Å²) < 4.78 is 5.00. The average molecular weight is 194 g/mol. The maximum absolute atomic E-state index is 10.8. The molecule has 0 N–H and O–H groups in total. The van der Waals surface area contributed by atoms with E-state index in [9.17, 15) is 4.79 Å². The number of hydrogen-bond donors (Lipinski definition) is 0. The molecule has 13 heavy (non-hydrogen) atoms. The van der Waals surface area contributed by atoms with Gasteiger partial charge in [0, 0.05) is 12.5 Å². The first-order valence-electron chi connectivity index (χ1n) is 4.37. The van der Waals surface area contributed by atoms with Crippen molar-refractivity contribution < 1.29 is 9.53 Å². The lowest BCUT2D eigenvalue weighted by atomic mass is 10.2. The second-order valence-electron chi connectivity index (χ2n) is 4.08. The Morgan fingerprint density at radius 3 is 2.77 bits per heavy atom. The molecule has 1 atom stereocenters. The molecule has 0 saturated heterocycles. The first kappa shape index (κ1) is 10.1. The lowest BCUT2D eigenvalue weighted by Crippen LogP contribution is -2.21. The summed E-state index contributed by atoms with van der Waals surface area (Å²) in [5, 5.41) is 0. The van der Waals surface area contributed by atoms with Crippen LogP contribution in [0.1, 0.15) is 6.42 Å². The molecule has 2 nitrogen and oxygen atoms in total. The van der Waals surface area contributed by atoms with Crippen LogP contribution in [-0.4, -0.2) is 20.1 Å². The summed E-state index contributed by atoms with van der Waals surface area (Å²) in [7, 11) is -1.34. The molecular weight excluding hydrogens is 180 g/mol. The van der Waals surface area contributed by atoms with Crippen molar-refractivity contribution in [3.05, 3.63) is 12.2 Å². The van der Waals surface area contributed by atoms with E-state index in [1.54, 1.807) is 0 Å². The van der Waals surface area contributed by atoms with Crippen molar-refractivity contribution in [1.82, 2.24) is 0 Å². The number of ether oxygens (including phenoxy) is 1. The van der Waals surface area contributed by atoms with E-state index in [1.165, 1.54) is 6.08 Å². The van der Waals surface area contributed by atoms with Crippen LogP contribution in [0.25, 0.3) is 0 Å². The maximum Gasteiger partial charge on any atom is 0.331 e. The highest BCUT2D eigenvalue weighted by Crippen LogP contribution is 2.07. The molecule has 0 unspecified atom stereocenters. The molecular formula is C10H14O2Si. The van der Waals surface area contributed by atoms with E-state index < -0.39 is 8.07 Å². The summed E-state index contributed by atoms with van der Waals surface area (Å²) in [5.41, 5.74) is 3.19. The normalized spacial score (nSPS) is 21.8. The lowest BCUT2D eigenvalue weighted by molar-refractivity contribution is -0.141. The molecule has 0 aliphatic carbocycles. The Kier molecular flexibility index (Phi) is 2.94. The Labute approximate surface area is 80.0 Å². The molecule has 3 heteroatoms. The summed E-state index contributed by atoms with van der Waals surface area (Å²) in [5.74, 6) is 2.73. The average Bonchev–Trinajstić information content (AvgIpc) is 2.00. The number of rotatable bonds is 0. The monoisotopic (exact) mass is 194 g/mol. The van der Waals surface area contributed by atoms with Crippen LogP contribution in [0.4, 0.5) is 0 Å². The van der Waals surface area contributed by atoms with Crippen LogP contribution < -0.4 is 0 Å². The second-order valence-corrected chi connectivity index (χ2v) is 8.83. The van der Waals surface area contributed by atoms with E-state index in [0.29, 0.717) is 0 Å². The predicted octanol–water partition coefficient (Wildman–Crippen LogP) is 1.74. The van der Waals surface area contributed by atoms with Gasteiger partial charge in [-0.15, -0.1) is 5.54 Å². The molecule has 0 aromatic heterocycles. The molecule has 0 aromatic rings. The Balaban J connectivity index is 2.59. The molecule has 0 spiro atoms. The van der Waals surface area contributed by atoms with Crippen LogP contribution in [-0.2, 0) is 9.53 Å². The fourth-order valence-corrected chi connectivity index (χ4v) is 1.49. The standard InChI is InChI=1S/C10H14O2Si/c1-13(2,3)8-7-9-5-4-6-10(11)12-9/h4,6,9H,5H2,1-3H3/t9-/m0/s1. The lowest BCUT2D eigenvalue weighted by Gasteiger charge is -2.13. The Bertz CT molecular complexity index is 288. The first-order valence-corrected chi connectivity index (χ1v) is 7.87. The van der Waals surface area contributed by atoms with Crippen LogP contribution in [0.3, 0.4) is 0 Å². The summed E-state index contributed by atoms with van der Waals surface area (Å²) in [6.07, 6.45) is 3.77. The minimum absolute atomic E-state index is 0.218. The number of carbonyl (C=O) groups excluding carboxylic acids is 1. The molecule has 1 heterocycles. The third-order valence-corrected chi connectivity index (χ3v) is 2.36. The minimum atomic E-state index is -1.34. The zero-order valence-corrected chi connectivity index (χ0v) is 9.26. The highest BCUT2D eigenvalue weighted by atomic mass is 28.3. The van der Waals surface area contributed by atoms with Crippen LogP contribution in [0, 0.1) is 11.5 Å². The van der Waals surface area contributed by atoms with Crippen molar-refractivity contribution in [3.8, 4) is 11.5 Å². The highest BCUT2D eigenvalue weighted by Gasteiger charge is 2.14. The minimum Gasteiger partial charge on any atom is -0.446 e. The fraction of sp³-hybridized carbons (Fsp3) is 0.500. The van der Waals surface area contributed by atoms with Crippen molar-refractivity contribution in [2.75, 3.05) is 0 Å². The van der Waals surface area contributed by atoms with E-state index in [0.717, 1.165) is 6.42 Å². The van der Waals surface area contributed by atoms with Crippen molar-refractivity contribution >= 4 is 14.0 Å². The maximum atomic E-state index is 10.8. The molecule has 0 amide bonds. The molecule has 0 fully saturated rings. The van der Waals surface area contributed by atoms with E-state index in [1.807, 2.05) is 6.08 Å². The summed E-state index contributed by atoms with van der Waals surface area (Å²) in [4.78, 5) is 10.8. The Hall–Kier alpha value is -1.01. The molecule has 0 bridgehead atoms. The van der Waals surface area contributed by atoms with Crippen molar-refractivity contribution in [2.45, 2.75) is 32.2 Å². The van der Waals surface area contributed by atoms with Crippen molar-refractivity contribution in [3.63, 3.8) is 0 Å². The summed E-state index contributed by atoms with van der Waals surface area (Å²) in [6, 6.07) is 0. The molecule has 1 aliphatic rings. The van der Waals surface area contributed by atoms with E-state index in [-0.39, 0.29) is 12.1 Å². The van der Waals surface area contributed by atoms with Gasteiger partial charge in [0.2, 0.25) is 0 Å². The predicted molar refractivity (Wildman–Crippen MR) is 54.8 cm³/mol. The third kappa shape index (κ3) is 3.95. The van der Waals surface area contributed by atoms with Gasteiger partial charge < -0.3 is 4.74 Å². The van der Waals surface area contributed by atoms with Crippen LogP contribution >= 0.6 is 0 Å². The molecule has 70 valence electrons. The molecule has 0 radical (unpaired) electrons. The summed E-state index contributed by atoms with van der Waals surface area (Å²) >= 11 is 0. The van der Waals surface area contributed by atoms with Crippen molar-refractivity contribution in [1.29, 1.82) is 0 Å². The Morgan fingerprint density at radius 1 is 1.54 bits per heavy atom. The molecule has 0 aromatic carbocycles. The SMILES string of the molecule is C[Si](C)(C)C#C[C@@H]1CC=CC(=O)O1. The largest absolute Gasteiger partial charge is 0.446 e. The zero-order chi connectivity index (χ0) is 9.90. The van der Waals surface area contributed by atoms with Crippen LogP contribution in [0.5, 0.6) is 0 Å². The van der Waals surface area contributed by atoms with Gasteiger partial charge in [-0.1, -0.05) is 31.6 Å². The van der Waals surface area contributed by atoms with Gasteiger partial charge in [-0.25, -0.2) is 4.79 Å².